The molecule has 0 unspecified atom stereocenters. The van der Waals surface area contributed by atoms with E-state index in [0.717, 1.165) is 11.0 Å². The Bertz CT molecular complexity index is 1510. The van der Waals surface area contributed by atoms with Gasteiger partial charge in [0.15, 0.2) is 0 Å². The monoisotopic (exact) mass is 440 g/mol. The first kappa shape index (κ1) is 20.2. The molecular formula is C25H17FN4O3. The number of carbonyl (C=O) groups is 1. The van der Waals surface area contributed by atoms with Crippen molar-refractivity contribution in [2.75, 3.05) is 5.32 Å². The third-order valence-corrected chi connectivity index (χ3v) is 5.06. The fourth-order valence-corrected chi connectivity index (χ4v) is 3.43. The van der Waals surface area contributed by atoms with Gasteiger partial charge in [0.05, 0.1) is 5.39 Å². The predicted octanol–water partition coefficient (Wildman–Crippen LogP) is 4.90. The molecule has 7 nitrogen and oxygen atoms in total. The average Bonchev–Trinajstić information content (AvgIpc) is 3.31. The lowest BCUT2D eigenvalue weighted by Gasteiger charge is -2.10. The Kier molecular flexibility index (Phi) is 5.16. The smallest absolute Gasteiger partial charge is 0.267 e. The number of hydrogen-bond acceptors (Lipinski definition) is 4. The van der Waals surface area contributed by atoms with Gasteiger partial charge in [-0.25, -0.2) is 9.37 Å². The fraction of sp³-hybridized carbons (Fsp3) is 0. The van der Waals surface area contributed by atoms with Crippen molar-refractivity contribution in [1.29, 1.82) is 0 Å². The van der Waals surface area contributed by atoms with Crippen molar-refractivity contribution >= 4 is 22.6 Å². The number of nitrogens with one attached hydrogen (secondary N) is 2. The zero-order valence-electron chi connectivity index (χ0n) is 17.2. The van der Waals surface area contributed by atoms with Crippen LogP contribution in [0.5, 0.6) is 11.5 Å². The van der Waals surface area contributed by atoms with Crippen LogP contribution in [0.15, 0.2) is 96.2 Å². The highest BCUT2D eigenvalue weighted by atomic mass is 19.1. The van der Waals surface area contributed by atoms with E-state index in [9.17, 15) is 14.0 Å². The van der Waals surface area contributed by atoms with Crippen LogP contribution in [0.25, 0.3) is 16.7 Å². The number of rotatable bonds is 5. The standard InChI is InChI=1S/C25H17FN4O3/c26-16-3-7-18(8-4-16)30-15-1-2-21(25(30)32)24(31)29-17-5-9-19(10-6-17)33-22-12-14-28-23-20(22)11-13-27-23/h1-15H,(H,27,28)(H,29,31). The predicted molar refractivity (Wildman–Crippen MR) is 123 cm³/mol. The molecular weight excluding hydrogens is 423 g/mol. The van der Waals surface area contributed by atoms with Gasteiger partial charge in [0.2, 0.25) is 0 Å². The first-order valence-electron chi connectivity index (χ1n) is 10.1. The molecule has 0 atom stereocenters. The van der Waals surface area contributed by atoms with Crippen molar-refractivity contribution in [3.63, 3.8) is 0 Å². The Morgan fingerprint density at radius 3 is 2.58 bits per heavy atom. The molecule has 1 amide bonds. The molecule has 0 saturated carbocycles. The van der Waals surface area contributed by atoms with E-state index in [2.05, 4.69) is 15.3 Å². The number of nitrogens with zero attached hydrogens (tertiary/aromatic N) is 2. The normalized spacial score (nSPS) is 10.8. The summed E-state index contributed by atoms with van der Waals surface area (Å²) >= 11 is 0. The van der Waals surface area contributed by atoms with E-state index in [-0.39, 0.29) is 5.56 Å². The molecule has 5 rings (SSSR count). The summed E-state index contributed by atoms with van der Waals surface area (Å²) in [5, 5.41) is 3.58. The number of hydrogen-bond donors (Lipinski definition) is 2. The van der Waals surface area contributed by atoms with Crippen LogP contribution in [-0.4, -0.2) is 20.4 Å². The number of fused-ring (bicyclic) bond motifs is 1. The number of H-pyrrole nitrogens is 1. The summed E-state index contributed by atoms with van der Waals surface area (Å²) in [5.74, 6) is 0.284. The highest BCUT2D eigenvalue weighted by Gasteiger charge is 2.14. The number of carbonyl (C=O) groups excluding carboxylic acids is 1. The molecule has 0 fully saturated rings. The Morgan fingerprint density at radius 2 is 1.79 bits per heavy atom. The summed E-state index contributed by atoms with van der Waals surface area (Å²) in [6.07, 6.45) is 4.97. The lowest BCUT2D eigenvalue weighted by molar-refractivity contribution is 0.102. The largest absolute Gasteiger partial charge is 0.457 e. The van der Waals surface area contributed by atoms with Crippen LogP contribution in [0.1, 0.15) is 10.4 Å². The number of benzene rings is 2. The van der Waals surface area contributed by atoms with E-state index < -0.39 is 17.3 Å². The second-order valence-electron chi connectivity index (χ2n) is 7.20. The van der Waals surface area contributed by atoms with Crippen molar-refractivity contribution in [2.45, 2.75) is 0 Å². The third-order valence-electron chi connectivity index (χ3n) is 5.06. The van der Waals surface area contributed by atoms with Gasteiger partial charge in [0.1, 0.15) is 28.5 Å². The van der Waals surface area contributed by atoms with Gasteiger partial charge in [-0.2, -0.15) is 0 Å². The van der Waals surface area contributed by atoms with Crippen LogP contribution in [0.2, 0.25) is 0 Å². The molecule has 0 aliphatic rings. The number of aromatic nitrogens is 3. The molecule has 3 heterocycles. The minimum absolute atomic E-state index is 0.0335. The molecule has 2 N–H and O–H groups in total. The molecule has 0 bridgehead atoms. The lowest BCUT2D eigenvalue weighted by Crippen LogP contribution is -2.27. The SMILES string of the molecule is O=C(Nc1ccc(Oc2ccnc3[nH]ccc23)cc1)c1cccn(-c2ccc(F)cc2)c1=O. The van der Waals surface area contributed by atoms with Crippen molar-refractivity contribution < 1.29 is 13.9 Å². The number of pyridine rings is 2. The van der Waals surface area contributed by atoms with Gasteiger partial charge in [0, 0.05) is 30.0 Å². The molecule has 0 radical (unpaired) electrons. The molecule has 5 aromatic rings. The van der Waals surface area contributed by atoms with Gasteiger partial charge < -0.3 is 15.0 Å². The Labute approximate surface area is 187 Å². The maximum absolute atomic E-state index is 13.2. The maximum atomic E-state index is 13.2. The van der Waals surface area contributed by atoms with Crippen LogP contribution >= 0.6 is 0 Å². The average molecular weight is 440 g/mol. The van der Waals surface area contributed by atoms with Gasteiger partial charge in [-0.1, -0.05) is 0 Å². The molecule has 0 saturated heterocycles. The number of anilines is 1. The molecule has 33 heavy (non-hydrogen) atoms. The van der Waals surface area contributed by atoms with Crippen molar-refractivity contribution in [3.05, 3.63) is 113 Å². The number of aromatic amines is 1. The van der Waals surface area contributed by atoms with E-state index in [1.807, 2.05) is 6.07 Å². The zero-order chi connectivity index (χ0) is 22.8. The third kappa shape index (κ3) is 4.09. The van der Waals surface area contributed by atoms with Crippen molar-refractivity contribution in [3.8, 4) is 17.2 Å². The fourth-order valence-electron chi connectivity index (χ4n) is 3.43. The van der Waals surface area contributed by atoms with Crippen molar-refractivity contribution in [2.24, 2.45) is 0 Å². The van der Waals surface area contributed by atoms with Crippen LogP contribution in [0.3, 0.4) is 0 Å². The summed E-state index contributed by atoms with van der Waals surface area (Å²) in [6, 6.07) is 19.0. The van der Waals surface area contributed by atoms with Crippen LogP contribution < -0.4 is 15.6 Å². The highest BCUT2D eigenvalue weighted by molar-refractivity contribution is 6.04. The molecule has 2 aromatic carbocycles. The zero-order valence-corrected chi connectivity index (χ0v) is 17.2. The molecule has 3 aromatic heterocycles. The van der Waals surface area contributed by atoms with E-state index in [0.29, 0.717) is 22.9 Å². The van der Waals surface area contributed by atoms with Gasteiger partial charge in [-0.3, -0.25) is 14.2 Å². The Morgan fingerprint density at radius 1 is 1.00 bits per heavy atom. The topological polar surface area (TPSA) is 89.0 Å². The molecule has 162 valence electrons. The second-order valence-corrected chi connectivity index (χ2v) is 7.20. The summed E-state index contributed by atoms with van der Waals surface area (Å²) < 4.78 is 20.4. The quantitative estimate of drug-likeness (QED) is 0.407. The van der Waals surface area contributed by atoms with Gasteiger partial charge >= 0.3 is 0 Å². The molecule has 8 heteroatoms. The summed E-state index contributed by atoms with van der Waals surface area (Å²) in [7, 11) is 0. The molecule has 0 aliphatic heterocycles. The van der Waals surface area contributed by atoms with E-state index in [4.69, 9.17) is 4.74 Å². The summed E-state index contributed by atoms with van der Waals surface area (Å²) in [4.78, 5) is 32.8. The van der Waals surface area contributed by atoms with Crippen LogP contribution in [0.4, 0.5) is 10.1 Å². The number of amides is 1. The summed E-state index contributed by atoms with van der Waals surface area (Å²) in [5.41, 5.74) is 1.16. The number of halogens is 1. The van der Waals surface area contributed by atoms with E-state index in [1.165, 1.54) is 41.1 Å². The highest BCUT2D eigenvalue weighted by Crippen LogP contribution is 2.28. The maximum Gasteiger partial charge on any atom is 0.267 e. The van der Waals surface area contributed by atoms with E-state index >= 15 is 0 Å². The van der Waals surface area contributed by atoms with Gasteiger partial charge in [-0.05, 0) is 72.8 Å². The molecule has 0 spiro atoms. The summed E-state index contributed by atoms with van der Waals surface area (Å²) in [6.45, 7) is 0. The first-order valence-corrected chi connectivity index (χ1v) is 10.1. The van der Waals surface area contributed by atoms with Gasteiger partial charge in [0.25, 0.3) is 11.5 Å². The molecule has 0 aliphatic carbocycles. The Balaban J connectivity index is 1.33. The lowest BCUT2D eigenvalue weighted by atomic mass is 10.2. The minimum atomic E-state index is -0.548. The first-order chi connectivity index (χ1) is 16.1. The van der Waals surface area contributed by atoms with Crippen molar-refractivity contribution in [1.82, 2.24) is 14.5 Å². The number of ether oxygens (including phenoxy) is 1. The Hall–Kier alpha value is -4.72. The van der Waals surface area contributed by atoms with Crippen LogP contribution in [0, 0.1) is 5.82 Å². The van der Waals surface area contributed by atoms with Gasteiger partial charge in [-0.15, -0.1) is 0 Å². The van der Waals surface area contributed by atoms with Crippen LogP contribution in [-0.2, 0) is 0 Å². The van der Waals surface area contributed by atoms with E-state index in [1.54, 1.807) is 48.8 Å². The second kappa shape index (κ2) is 8.43. The minimum Gasteiger partial charge on any atom is -0.457 e.